The molecule has 1 saturated heterocycles. The molecule has 0 unspecified atom stereocenters. The molecule has 2 nitrogen and oxygen atoms in total. The first-order chi connectivity index (χ1) is 7.25. The summed E-state index contributed by atoms with van der Waals surface area (Å²) in [5.74, 6) is 0.0778. The van der Waals surface area contributed by atoms with Gasteiger partial charge in [0.05, 0.1) is 13.2 Å². The van der Waals surface area contributed by atoms with E-state index in [-0.39, 0.29) is 11.9 Å². The molecular formula is C11H14BFO2. The second-order valence-electron chi connectivity index (χ2n) is 3.86. The Bertz CT molecular complexity index is 337. The first-order valence-electron chi connectivity index (χ1n) is 5.26. The molecule has 1 heterocycles. The summed E-state index contributed by atoms with van der Waals surface area (Å²) in [6.45, 7) is 1.41. The molecule has 0 saturated carbocycles. The van der Waals surface area contributed by atoms with E-state index in [1.807, 2.05) is 13.9 Å². The first kappa shape index (κ1) is 10.5. The standard InChI is InChI=1S/C11H14BFO2/c12-8-1-2-11(10(13)7-8)15-9-3-5-14-6-4-9/h1-2,7,9H,3-6,12H2. The van der Waals surface area contributed by atoms with E-state index in [1.54, 1.807) is 6.07 Å². The highest BCUT2D eigenvalue weighted by molar-refractivity contribution is 6.32. The summed E-state index contributed by atoms with van der Waals surface area (Å²) in [5.41, 5.74) is 0.909. The maximum atomic E-state index is 13.4. The molecule has 1 aromatic carbocycles. The highest BCUT2D eigenvalue weighted by Crippen LogP contribution is 2.20. The molecule has 0 spiro atoms. The molecule has 0 aromatic heterocycles. The van der Waals surface area contributed by atoms with Crippen molar-refractivity contribution in [2.24, 2.45) is 0 Å². The summed E-state index contributed by atoms with van der Waals surface area (Å²) in [6.07, 6.45) is 1.77. The Morgan fingerprint density at radius 2 is 2.07 bits per heavy atom. The van der Waals surface area contributed by atoms with Crippen molar-refractivity contribution in [1.82, 2.24) is 0 Å². The van der Waals surface area contributed by atoms with Crippen molar-refractivity contribution >= 4 is 13.3 Å². The van der Waals surface area contributed by atoms with Gasteiger partial charge in [-0.2, -0.15) is 0 Å². The van der Waals surface area contributed by atoms with Gasteiger partial charge < -0.3 is 9.47 Å². The van der Waals surface area contributed by atoms with Gasteiger partial charge in [0.1, 0.15) is 14.0 Å². The fourth-order valence-electron chi connectivity index (χ4n) is 1.67. The molecule has 80 valence electrons. The highest BCUT2D eigenvalue weighted by atomic mass is 19.1. The van der Waals surface area contributed by atoms with Gasteiger partial charge in [-0.3, -0.25) is 0 Å². The molecule has 0 amide bonds. The summed E-state index contributed by atoms with van der Waals surface area (Å²) in [4.78, 5) is 0. The minimum atomic E-state index is -0.276. The zero-order valence-corrected chi connectivity index (χ0v) is 8.83. The van der Waals surface area contributed by atoms with Gasteiger partial charge in [-0.05, 0) is 12.1 Å². The molecule has 0 radical (unpaired) electrons. The van der Waals surface area contributed by atoms with E-state index in [0.717, 1.165) is 18.3 Å². The van der Waals surface area contributed by atoms with Crippen LogP contribution in [0.25, 0.3) is 0 Å². The Morgan fingerprint density at radius 1 is 1.33 bits per heavy atom. The first-order valence-corrected chi connectivity index (χ1v) is 5.26. The number of ether oxygens (including phenoxy) is 2. The third-order valence-corrected chi connectivity index (χ3v) is 2.55. The Hall–Kier alpha value is -1.03. The average molecular weight is 208 g/mol. The van der Waals surface area contributed by atoms with Crippen molar-refractivity contribution in [3.63, 3.8) is 0 Å². The number of halogens is 1. The maximum Gasteiger partial charge on any atom is 0.164 e. The van der Waals surface area contributed by atoms with E-state index < -0.39 is 0 Å². The molecule has 0 bridgehead atoms. The van der Waals surface area contributed by atoms with Gasteiger partial charge in [0.25, 0.3) is 0 Å². The van der Waals surface area contributed by atoms with Gasteiger partial charge in [0.2, 0.25) is 0 Å². The average Bonchev–Trinajstić information content (AvgIpc) is 2.24. The van der Waals surface area contributed by atoms with E-state index in [9.17, 15) is 4.39 Å². The van der Waals surface area contributed by atoms with Crippen molar-refractivity contribution in [3.8, 4) is 5.75 Å². The van der Waals surface area contributed by atoms with Crippen LogP contribution in [0.2, 0.25) is 0 Å². The van der Waals surface area contributed by atoms with Gasteiger partial charge in [-0.15, -0.1) is 0 Å². The van der Waals surface area contributed by atoms with E-state index in [4.69, 9.17) is 9.47 Å². The lowest BCUT2D eigenvalue weighted by Gasteiger charge is -2.23. The normalized spacial score (nSPS) is 17.7. The van der Waals surface area contributed by atoms with Crippen LogP contribution in [0, 0.1) is 5.82 Å². The third kappa shape index (κ3) is 2.72. The van der Waals surface area contributed by atoms with Crippen molar-refractivity contribution < 1.29 is 13.9 Å². The van der Waals surface area contributed by atoms with Gasteiger partial charge in [0, 0.05) is 12.8 Å². The lowest BCUT2D eigenvalue weighted by molar-refractivity contribution is 0.0240. The topological polar surface area (TPSA) is 18.5 Å². The summed E-state index contributed by atoms with van der Waals surface area (Å²) >= 11 is 0. The summed E-state index contributed by atoms with van der Waals surface area (Å²) in [5, 5.41) is 0. The Labute approximate surface area is 89.8 Å². The number of rotatable bonds is 2. The maximum absolute atomic E-state index is 13.4. The van der Waals surface area contributed by atoms with Gasteiger partial charge in [0.15, 0.2) is 11.6 Å². The molecule has 1 aliphatic heterocycles. The van der Waals surface area contributed by atoms with Crippen LogP contribution in [0.4, 0.5) is 4.39 Å². The van der Waals surface area contributed by atoms with Crippen LogP contribution in [-0.4, -0.2) is 27.2 Å². The molecule has 0 aliphatic carbocycles. The molecule has 0 N–H and O–H groups in total. The van der Waals surface area contributed by atoms with E-state index in [0.29, 0.717) is 19.0 Å². The molecule has 0 atom stereocenters. The second-order valence-corrected chi connectivity index (χ2v) is 3.86. The fraction of sp³-hybridized carbons (Fsp3) is 0.455. The zero-order valence-electron chi connectivity index (χ0n) is 8.83. The quantitative estimate of drug-likeness (QED) is 0.664. The minimum Gasteiger partial charge on any atom is -0.487 e. The van der Waals surface area contributed by atoms with Gasteiger partial charge >= 0.3 is 0 Å². The van der Waals surface area contributed by atoms with Crippen molar-refractivity contribution in [2.45, 2.75) is 18.9 Å². The zero-order chi connectivity index (χ0) is 10.7. The number of hydrogen-bond acceptors (Lipinski definition) is 2. The van der Waals surface area contributed by atoms with Gasteiger partial charge in [-0.25, -0.2) is 4.39 Å². The molecule has 1 aromatic rings. The van der Waals surface area contributed by atoms with Crippen LogP contribution >= 0.6 is 0 Å². The fourth-order valence-corrected chi connectivity index (χ4v) is 1.67. The summed E-state index contributed by atoms with van der Waals surface area (Å²) < 4.78 is 24.2. The molecular weight excluding hydrogens is 194 g/mol. The molecule has 2 rings (SSSR count). The molecule has 1 aliphatic rings. The smallest absolute Gasteiger partial charge is 0.164 e. The van der Waals surface area contributed by atoms with Crippen LogP contribution in [0.5, 0.6) is 5.75 Å². The number of hydrogen-bond donors (Lipinski definition) is 0. The van der Waals surface area contributed by atoms with E-state index in [1.165, 1.54) is 6.07 Å². The Balaban J connectivity index is 2.03. The summed E-state index contributed by atoms with van der Waals surface area (Å²) in [7, 11) is 1.86. The van der Waals surface area contributed by atoms with Crippen LogP contribution in [0.15, 0.2) is 18.2 Å². The van der Waals surface area contributed by atoms with Crippen molar-refractivity contribution in [3.05, 3.63) is 24.0 Å². The van der Waals surface area contributed by atoms with Crippen molar-refractivity contribution in [1.29, 1.82) is 0 Å². The summed E-state index contributed by atoms with van der Waals surface area (Å²) in [6, 6.07) is 5.05. The van der Waals surface area contributed by atoms with E-state index in [2.05, 4.69) is 0 Å². The van der Waals surface area contributed by atoms with Crippen LogP contribution in [0.3, 0.4) is 0 Å². The largest absolute Gasteiger partial charge is 0.487 e. The highest BCUT2D eigenvalue weighted by Gasteiger charge is 2.16. The predicted octanol–water partition coefficient (Wildman–Crippen LogP) is 0.642. The van der Waals surface area contributed by atoms with E-state index >= 15 is 0 Å². The monoisotopic (exact) mass is 208 g/mol. The van der Waals surface area contributed by atoms with Gasteiger partial charge in [-0.1, -0.05) is 11.5 Å². The lowest BCUT2D eigenvalue weighted by Crippen LogP contribution is -2.26. The molecule has 1 fully saturated rings. The lowest BCUT2D eigenvalue weighted by atomic mass is 9.96. The van der Waals surface area contributed by atoms with Crippen LogP contribution < -0.4 is 10.2 Å². The SMILES string of the molecule is Bc1ccc(OC2CCOCC2)c(F)c1. The molecule has 4 heteroatoms. The molecule has 15 heavy (non-hydrogen) atoms. The van der Waals surface area contributed by atoms with Crippen LogP contribution in [0.1, 0.15) is 12.8 Å². The Kier molecular flexibility index (Phi) is 3.26. The Morgan fingerprint density at radius 3 is 2.73 bits per heavy atom. The second kappa shape index (κ2) is 4.66. The van der Waals surface area contributed by atoms with Crippen LogP contribution in [-0.2, 0) is 4.74 Å². The third-order valence-electron chi connectivity index (χ3n) is 2.55. The number of benzene rings is 1. The van der Waals surface area contributed by atoms with Crippen molar-refractivity contribution in [2.75, 3.05) is 13.2 Å². The predicted molar refractivity (Wildman–Crippen MR) is 59.0 cm³/mol. The minimum absolute atomic E-state index is 0.0935.